The second kappa shape index (κ2) is 5.22. The molecule has 0 radical (unpaired) electrons. The van der Waals surface area contributed by atoms with E-state index in [-0.39, 0.29) is 18.2 Å². The van der Waals surface area contributed by atoms with Crippen molar-refractivity contribution in [3.8, 4) is 0 Å². The number of hydrogen-bond donors (Lipinski definition) is 0. The van der Waals surface area contributed by atoms with E-state index in [9.17, 15) is 4.79 Å². The molecule has 1 aliphatic heterocycles. The zero-order valence-corrected chi connectivity index (χ0v) is 8.41. The lowest BCUT2D eigenvalue weighted by atomic mass is 10.1. The fourth-order valence-electron chi connectivity index (χ4n) is 1.51. The van der Waals surface area contributed by atoms with Crippen molar-refractivity contribution in [2.24, 2.45) is 0 Å². The highest BCUT2D eigenvalue weighted by Crippen LogP contribution is 2.16. The van der Waals surface area contributed by atoms with E-state index in [1.165, 1.54) is 0 Å². The summed E-state index contributed by atoms with van der Waals surface area (Å²) in [6.07, 6.45) is 3.40. The predicted molar refractivity (Wildman–Crippen MR) is 49.4 cm³/mol. The Hall–Kier alpha value is -0.570. The van der Waals surface area contributed by atoms with Crippen molar-refractivity contribution < 1.29 is 14.3 Å². The molecule has 2 atom stereocenters. The minimum Gasteiger partial charge on any atom is -0.462 e. The van der Waals surface area contributed by atoms with Crippen LogP contribution in [0.1, 0.15) is 39.5 Å². The molecule has 1 rings (SSSR count). The molecule has 0 amide bonds. The quantitative estimate of drug-likeness (QED) is 0.631. The molecule has 0 spiro atoms. The Balaban J connectivity index is 2.23. The van der Waals surface area contributed by atoms with Gasteiger partial charge in [-0.2, -0.15) is 0 Å². The molecule has 0 aromatic rings. The fraction of sp³-hybridized carbons (Fsp3) is 0.900. The SMILES string of the molecule is CCCC(=O)O[C@H]1CCOC(C)C1. The predicted octanol–water partition coefficient (Wildman–Crippen LogP) is 1.90. The second-order valence-electron chi connectivity index (χ2n) is 3.57. The Morgan fingerprint density at radius 1 is 1.62 bits per heavy atom. The van der Waals surface area contributed by atoms with Crippen LogP contribution in [0.25, 0.3) is 0 Å². The number of esters is 1. The molecule has 0 bridgehead atoms. The molecule has 76 valence electrons. The average molecular weight is 186 g/mol. The van der Waals surface area contributed by atoms with Crippen LogP contribution < -0.4 is 0 Å². The maximum absolute atomic E-state index is 11.2. The zero-order chi connectivity index (χ0) is 9.68. The summed E-state index contributed by atoms with van der Waals surface area (Å²) in [4.78, 5) is 11.2. The minimum absolute atomic E-state index is 0.0680. The monoisotopic (exact) mass is 186 g/mol. The molecular weight excluding hydrogens is 168 g/mol. The summed E-state index contributed by atoms with van der Waals surface area (Å²) in [6, 6.07) is 0. The molecule has 1 heterocycles. The maximum atomic E-state index is 11.2. The molecule has 1 aliphatic rings. The number of carbonyl (C=O) groups is 1. The topological polar surface area (TPSA) is 35.5 Å². The van der Waals surface area contributed by atoms with Crippen LogP contribution in [-0.2, 0) is 14.3 Å². The number of carbonyl (C=O) groups excluding carboxylic acids is 1. The summed E-state index contributed by atoms with van der Waals surface area (Å²) in [7, 11) is 0. The van der Waals surface area contributed by atoms with Gasteiger partial charge in [-0.25, -0.2) is 0 Å². The lowest BCUT2D eigenvalue weighted by molar-refractivity contribution is -0.155. The van der Waals surface area contributed by atoms with Gasteiger partial charge in [-0.15, -0.1) is 0 Å². The van der Waals surface area contributed by atoms with Gasteiger partial charge in [0.1, 0.15) is 6.10 Å². The largest absolute Gasteiger partial charge is 0.462 e. The standard InChI is InChI=1S/C10H18O3/c1-3-4-10(11)13-9-5-6-12-8(2)7-9/h8-9H,3-7H2,1-2H3/t8?,9-/m0/s1. The van der Waals surface area contributed by atoms with Crippen molar-refractivity contribution in [2.75, 3.05) is 6.61 Å². The fourth-order valence-corrected chi connectivity index (χ4v) is 1.51. The number of rotatable bonds is 3. The lowest BCUT2D eigenvalue weighted by Gasteiger charge is -2.26. The normalized spacial score (nSPS) is 28.5. The van der Waals surface area contributed by atoms with Gasteiger partial charge in [0.05, 0.1) is 12.7 Å². The summed E-state index contributed by atoms with van der Waals surface area (Å²) >= 11 is 0. The first kappa shape index (κ1) is 10.5. The van der Waals surface area contributed by atoms with Crippen LogP contribution in [0.4, 0.5) is 0 Å². The van der Waals surface area contributed by atoms with Crippen LogP contribution in [-0.4, -0.2) is 24.8 Å². The molecule has 1 unspecified atom stereocenters. The number of ether oxygens (including phenoxy) is 2. The molecule has 13 heavy (non-hydrogen) atoms. The highest BCUT2D eigenvalue weighted by molar-refractivity contribution is 5.69. The van der Waals surface area contributed by atoms with Gasteiger partial charge in [-0.3, -0.25) is 4.79 Å². The molecule has 1 fully saturated rings. The highest BCUT2D eigenvalue weighted by Gasteiger charge is 2.22. The molecule has 1 saturated heterocycles. The Kier molecular flexibility index (Phi) is 4.22. The summed E-state index contributed by atoms with van der Waals surface area (Å²) in [5.41, 5.74) is 0. The molecule has 0 aromatic carbocycles. The van der Waals surface area contributed by atoms with Crippen molar-refractivity contribution >= 4 is 5.97 Å². The van der Waals surface area contributed by atoms with Crippen LogP contribution in [0.3, 0.4) is 0 Å². The van der Waals surface area contributed by atoms with Crippen LogP contribution in [0.15, 0.2) is 0 Å². The molecule has 0 N–H and O–H groups in total. The smallest absolute Gasteiger partial charge is 0.306 e. The molecule has 3 heteroatoms. The van der Waals surface area contributed by atoms with Crippen LogP contribution in [0.2, 0.25) is 0 Å². The van der Waals surface area contributed by atoms with E-state index >= 15 is 0 Å². The summed E-state index contributed by atoms with van der Waals surface area (Å²) in [6.45, 7) is 4.71. The van der Waals surface area contributed by atoms with Crippen LogP contribution >= 0.6 is 0 Å². The lowest BCUT2D eigenvalue weighted by Crippen LogP contribution is -2.30. The average Bonchev–Trinajstić information content (AvgIpc) is 2.04. The van der Waals surface area contributed by atoms with Gasteiger partial charge in [-0.1, -0.05) is 6.92 Å². The first-order valence-electron chi connectivity index (χ1n) is 5.03. The van der Waals surface area contributed by atoms with E-state index in [2.05, 4.69) is 0 Å². The van der Waals surface area contributed by atoms with Crippen molar-refractivity contribution in [3.05, 3.63) is 0 Å². The summed E-state index contributed by atoms with van der Waals surface area (Å²) in [5.74, 6) is -0.0680. The van der Waals surface area contributed by atoms with Gasteiger partial charge < -0.3 is 9.47 Å². The third-order valence-electron chi connectivity index (χ3n) is 2.19. The third kappa shape index (κ3) is 3.77. The van der Waals surface area contributed by atoms with Gasteiger partial charge in [0.2, 0.25) is 0 Å². The van der Waals surface area contributed by atoms with Gasteiger partial charge in [0.25, 0.3) is 0 Å². The Morgan fingerprint density at radius 2 is 2.38 bits per heavy atom. The van der Waals surface area contributed by atoms with E-state index < -0.39 is 0 Å². The third-order valence-corrected chi connectivity index (χ3v) is 2.19. The Bertz CT molecular complexity index is 168. The Labute approximate surface area is 79.4 Å². The van der Waals surface area contributed by atoms with Crippen molar-refractivity contribution in [1.29, 1.82) is 0 Å². The van der Waals surface area contributed by atoms with Gasteiger partial charge >= 0.3 is 5.97 Å². The highest BCUT2D eigenvalue weighted by atomic mass is 16.6. The first-order chi connectivity index (χ1) is 6.22. The summed E-state index contributed by atoms with van der Waals surface area (Å²) < 4.78 is 10.6. The van der Waals surface area contributed by atoms with Gasteiger partial charge in [0.15, 0.2) is 0 Å². The van der Waals surface area contributed by atoms with Gasteiger partial charge in [0, 0.05) is 19.3 Å². The zero-order valence-electron chi connectivity index (χ0n) is 8.41. The van der Waals surface area contributed by atoms with E-state index in [1.54, 1.807) is 0 Å². The molecule has 0 aromatic heterocycles. The molecular formula is C10H18O3. The van der Waals surface area contributed by atoms with Crippen molar-refractivity contribution in [2.45, 2.75) is 51.7 Å². The van der Waals surface area contributed by atoms with Crippen molar-refractivity contribution in [1.82, 2.24) is 0 Å². The van der Waals surface area contributed by atoms with E-state index in [4.69, 9.17) is 9.47 Å². The maximum Gasteiger partial charge on any atom is 0.306 e. The van der Waals surface area contributed by atoms with Crippen molar-refractivity contribution in [3.63, 3.8) is 0 Å². The molecule has 3 nitrogen and oxygen atoms in total. The summed E-state index contributed by atoms with van der Waals surface area (Å²) in [5, 5.41) is 0. The first-order valence-corrected chi connectivity index (χ1v) is 5.03. The van der Waals surface area contributed by atoms with Gasteiger partial charge in [-0.05, 0) is 13.3 Å². The minimum atomic E-state index is -0.0680. The van der Waals surface area contributed by atoms with Crippen LogP contribution in [0.5, 0.6) is 0 Å². The van der Waals surface area contributed by atoms with E-state index in [0.717, 1.165) is 19.3 Å². The van der Waals surface area contributed by atoms with E-state index in [0.29, 0.717) is 13.0 Å². The Morgan fingerprint density at radius 3 is 3.00 bits per heavy atom. The molecule has 0 saturated carbocycles. The molecule has 0 aliphatic carbocycles. The van der Waals surface area contributed by atoms with E-state index in [1.807, 2.05) is 13.8 Å². The van der Waals surface area contributed by atoms with Crippen LogP contribution in [0, 0.1) is 0 Å². The second-order valence-corrected chi connectivity index (χ2v) is 3.57. The number of hydrogen-bond acceptors (Lipinski definition) is 3.